The number of carbonyl (C=O) groups is 1. The topological polar surface area (TPSA) is 51.2 Å². The van der Waals surface area contributed by atoms with E-state index < -0.39 is 0 Å². The first kappa shape index (κ1) is 14.0. The number of aromatic nitrogens is 1. The van der Waals surface area contributed by atoms with Gasteiger partial charge in [-0.1, -0.05) is 15.9 Å². The van der Waals surface area contributed by atoms with Crippen molar-refractivity contribution >= 4 is 33.2 Å². The molecule has 0 aliphatic rings. The minimum atomic E-state index is -0.111. The fourth-order valence-electron chi connectivity index (χ4n) is 1.63. The van der Waals surface area contributed by atoms with Crippen molar-refractivity contribution in [1.82, 2.24) is 10.3 Å². The molecule has 0 unspecified atom stereocenters. The summed E-state index contributed by atoms with van der Waals surface area (Å²) in [4.78, 5) is 16.8. The molecule has 1 aromatic carbocycles. The number of nitrogens with one attached hydrogen (secondary N) is 1. The van der Waals surface area contributed by atoms with Crippen LogP contribution in [0.15, 0.2) is 22.7 Å². The Hall–Kier alpha value is -1.40. The second kappa shape index (κ2) is 5.71. The molecule has 19 heavy (non-hydrogen) atoms. The van der Waals surface area contributed by atoms with Gasteiger partial charge in [0.1, 0.15) is 15.6 Å². The highest BCUT2D eigenvalue weighted by Gasteiger charge is 2.16. The molecule has 0 aliphatic heterocycles. The number of aryl methyl sites for hydroxylation is 1. The molecule has 1 N–H and O–H groups in total. The summed E-state index contributed by atoms with van der Waals surface area (Å²) in [6, 6.07) is 5.67. The maximum atomic E-state index is 11.7. The third-order valence-corrected chi connectivity index (χ3v) is 4.51. The van der Waals surface area contributed by atoms with Crippen LogP contribution in [0.3, 0.4) is 0 Å². The first-order chi connectivity index (χ1) is 9.06. The summed E-state index contributed by atoms with van der Waals surface area (Å²) in [5.74, 6) is 0.646. The van der Waals surface area contributed by atoms with Crippen LogP contribution in [0.4, 0.5) is 0 Å². The summed E-state index contributed by atoms with van der Waals surface area (Å²) < 4.78 is 6.14. The number of benzene rings is 1. The van der Waals surface area contributed by atoms with Crippen molar-refractivity contribution in [2.45, 2.75) is 6.92 Å². The van der Waals surface area contributed by atoms with Gasteiger partial charge in [0.05, 0.1) is 12.8 Å². The summed E-state index contributed by atoms with van der Waals surface area (Å²) in [6.07, 6.45) is 0. The molecule has 1 amide bonds. The summed E-state index contributed by atoms with van der Waals surface area (Å²) in [5.41, 5.74) is 1.65. The van der Waals surface area contributed by atoms with E-state index in [4.69, 9.17) is 4.74 Å². The van der Waals surface area contributed by atoms with Crippen LogP contribution in [-0.2, 0) is 0 Å². The lowest BCUT2D eigenvalue weighted by molar-refractivity contribution is 0.0966. The van der Waals surface area contributed by atoms with Crippen molar-refractivity contribution in [3.63, 3.8) is 0 Å². The van der Waals surface area contributed by atoms with Gasteiger partial charge < -0.3 is 10.1 Å². The number of rotatable bonds is 3. The van der Waals surface area contributed by atoms with E-state index in [0.29, 0.717) is 4.88 Å². The Bertz CT molecular complexity index is 625. The molecule has 100 valence electrons. The molecule has 0 saturated carbocycles. The van der Waals surface area contributed by atoms with Crippen LogP contribution < -0.4 is 10.1 Å². The lowest BCUT2D eigenvalue weighted by Crippen LogP contribution is -2.17. The highest BCUT2D eigenvalue weighted by Crippen LogP contribution is 2.35. The molecular formula is C13H13BrN2O2S. The van der Waals surface area contributed by atoms with Crippen molar-refractivity contribution in [2.24, 2.45) is 0 Å². The lowest BCUT2D eigenvalue weighted by Gasteiger charge is -2.04. The summed E-state index contributed by atoms with van der Waals surface area (Å²) in [7, 11) is 3.23. The van der Waals surface area contributed by atoms with Crippen molar-refractivity contribution in [2.75, 3.05) is 14.2 Å². The van der Waals surface area contributed by atoms with Crippen molar-refractivity contribution in [3.8, 4) is 16.3 Å². The van der Waals surface area contributed by atoms with Gasteiger partial charge in [-0.15, -0.1) is 11.3 Å². The molecule has 4 nitrogen and oxygen atoms in total. The third kappa shape index (κ3) is 2.79. The zero-order valence-electron chi connectivity index (χ0n) is 10.8. The van der Waals surface area contributed by atoms with E-state index in [1.54, 1.807) is 14.2 Å². The molecule has 0 radical (unpaired) electrons. The van der Waals surface area contributed by atoms with Crippen LogP contribution in [-0.4, -0.2) is 25.0 Å². The van der Waals surface area contributed by atoms with Gasteiger partial charge in [-0.2, -0.15) is 0 Å². The maximum absolute atomic E-state index is 11.7. The zero-order chi connectivity index (χ0) is 14.0. The van der Waals surface area contributed by atoms with E-state index in [0.717, 1.165) is 26.5 Å². The monoisotopic (exact) mass is 340 g/mol. The minimum Gasteiger partial charge on any atom is -0.497 e. The minimum absolute atomic E-state index is 0.111. The average molecular weight is 341 g/mol. The Morgan fingerprint density at radius 1 is 1.47 bits per heavy atom. The number of methoxy groups -OCH3 is 1. The molecular weight excluding hydrogens is 328 g/mol. The molecule has 0 bridgehead atoms. The number of thiazole rings is 1. The van der Waals surface area contributed by atoms with Crippen LogP contribution in [0.5, 0.6) is 5.75 Å². The van der Waals surface area contributed by atoms with Crippen molar-refractivity contribution in [1.29, 1.82) is 0 Å². The third-order valence-electron chi connectivity index (χ3n) is 2.63. The van der Waals surface area contributed by atoms with E-state index in [1.807, 2.05) is 25.1 Å². The zero-order valence-corrected chi connectivity index (χ0v) is 13.2. The van der Waals surface area contributed by atoms with Gasteiger partial charge in [-0.25, -0.2) is 4.98 Å². The highest BCUT2D eigenvalue weighted by atomic mass is 79.9. The predicted octanol–water partition coefficient (Wildman–Crippen LogP) is 3.25. The Kier molecular flexibility index (Phi) is 4.21. The van der Waals surface area contributed by atoms with Gasteiger partial charge in [-0.05, 0) is 25.1 Å². The predicted molar refractivity (Wildman–Crippen MR) is 79.9 cm³/mol. The molecule has 0 aliphatic carbocycles. The van der Waals surface area contributed by atoms with Gasteiger partial charge >= 0.3 is 0 Å². The molecule has 1 aromatic heterocycles. The fourth-order valence-corrected chi connectivity index (χ4v) is 3.24. The Morgan fingerprint density at radius 2 is 2.21 bits per heavy atom. The van der Waals surface area contributed by atoms with E-state index >= 15 is 0 Å². The van der Waals surface area contributed by atoms with Gasteiger partial charge in [0, 0.05) is 17.1 Å². The van der Waals surface area contributed by atoms with E-state index in [2.05, 4.69) is 26.2 Å². The molecule has 0 fully saturated rings. The summed E-state index contributed by atoms with van der Waals surface area (Å²) >= 11 is 4.86. The lowest BCUT2D eigenvalue weighted by atomic mass is 10.2. The van der Waals surface area contributed by atoms with Crippen LogP contribution in [0.25, 0.3) is 10.6 Å². The largest absolute Gasteiger partial charge is 0.497 e. The Balaban J connectivity index is 2.50. The van der Waals surface area contributed by atoms with Gasteiger partial charge in [0.15, 0.2) is 0 Å². The number of hydrogen-bond donors (Lipinski definition) is 1. The van der Waals surface area contributed by atoms with Crippen molar-refractivity contribution < 1.29 is 9.53 Å². The number of carbonyl (C=O) groups excluding carboxylic acids is 1. The quantitative estimate of drug-likeness (QED) is 0.932. The number of halogens is 1. The smallest absolute Gasteiger partial charge is 0.263 e. The number of ether oxygens (including phenoxy) is 1. The number of nitrogens with zero attached hydrogens (tertiary/aromatic N) is 1. The normalized spacial score (nSPS) is 10.3. The van der Waals surface area contributed by atoms with Crippen LogP contribution in [0.2, 0.25) is 0 Å². The molecule has 1 heterocycles. The number of hydrogen-bond acceptors (Lipinski definition) is 4. The molecule has 2 aromatic rings. The standard InChI is InChI=1S/C13H13BrN2O2S/c1-7-11(12(17)15-2)19-13(16-7)9-6-8(18-3)4-5-10(9)14/h4-6H,1-3H3,(H,15,17). The maximum Gasteiger partial charge on any atom is 0.263 e. The van der Waals surface area contributed by atoms with Gasteiger partial charge in [0.2, 0.25) is 0 Å². The van der Waals surface area contributed by atoms with Crippen molar-refractivity contribution in [3.05, 3.63) is 33.2 Å². The average Bonchev–Trinajstić information content (AvgIpc) is 2.80. The highest BCUT2D eigenvalue weighted by molar-refractivity contribution is 9.10. The molecule has 2 rings (SSSR count). The van der Waals surface area contributed by atoms with Gasteiger partial charge in [-0.3, -0.25) is 4.79 Å². The van der Waals surface area contributed by atoms with Crippen LogP contribution >= 0.6 is 27.3 Å². The molecule has 0 saturated heterocycles. The first-order valence-corrected chi connectivity index (χ1v) is 7.21. The molecule has 6 heteroatoms. The fraction of sp³-hybridized carbons (Fsp3) is 0.231. The van der Waals surface area contributed by atoms with E-state index in [9.17, 15) is 4.79 Å². The van der Waals surface area contributed by atoms with E-state index in [1.165, 1.54) is 11.3 Å². The first-order valence-electron chi connectivity index (χ1n) is 5.60. The summed E-state index contributed by atoms with van der Waals surface area (Å²) in [5, 5.41) is 3.41. The van der Waals surface area contributed by atoms with E-state index in [-0.39, 0.29) is 5.91 Å². The Labute approximate surface area is 124 Å². The SMILES string of the molecule is CNC(=O)c1sc(-c2cc(OC)ccc2Br)nc1C. The second-order valence-electron chi connectivity index (χ2n) is 3.86. The second-order valence-corrected chi connectivity index (χ2v) is 5.71. The summed E-state index contributed by atoms with van der Waals surface area (Å²) in [6.45, 7) is 1.83. The Morgan fingerprint density at radius 3 is 2.84 bits per heavy atom. The van der Waals surface area contributed by atoms with Crippen LogP contribution in [0, 0.1) is 6.92 Å². The van der Waals surface area contributed by atoms with Gasteiger partial charge in [0.25, 0.3) is 5.91 Å². The molecule has 0 spiro atoms. The molecule has 0 atom stereocenters. The van der Waals surface area contributed by atoms with Crippen LogP contribution in [0.1, 0.15) is 15.4 Å². The number of amides is 1.